The van der Waals surface area contributed by atoms with Crippen molar-refractivity contribution in [2.45, 2.75) is 26.7 Å². The number of benzene rings is 1. The molecule has 1 amide bonds. The Morgan fingerprint density at radius 2 is 1.94 bits per heavy atom. The topological polar surface area (TPSA) is 41.5 Å². The Morgan fingerprint density at radius 3 is 2.50 bits per heavy atom. The Kier molecular flexibility index (Phi) is 3.04. The van der Waals surface area contributed by atoms with Crippen LogP contribution in [-0.2, 0) is 0 Å². The van der Waals surface area contributed by atoms with Crippen LogP contribution in [0.3, 0.4) is 0 Å². The summed E-state index contributed by atoms with van der Waals surface area (Å²) in [7, 11) is 0. The predicted octanol–water partition coefficient (Wildman–Crippen LogP) is 2.51. The number of hydrogen-bond acceptors (Lipinski definition) is 2. The van der Waals surface area contributed by atoms with Crippen LogP contribution in [0.15, 0.2) is 29.4 Å². The van der Waals surface area contributed by atoms with E-state index in [9.17, 15) is 4.79 Å². The molecule has 1 saturated carbocycles. The van der Waals surface area contributed by atoms with Gasteiger partial charge in [0, 0.05) is 11.3 Å². The number of hydrogen-bond donors (Lipinski definition) is 1. The van der Waals surface area contributed by atoms with E-state index < -0.39 is 0 Å². The highest BCUT2D eigenvalue weighted by Crippen LogP contribution is 2.30. The highest BCUT2D eigenvalue weighted by molar-refractivity contribution is 5.95. The lowest BCUT2D eigenvalue weighted by molar-refractivity contribution is 0.0954. The Balaban J connectivity index is 1.97. The fourth-order valence-corrected chi connectivity index (χ4v) is 1.50. The average molecular weight is 216 g/mol. The van der Waals surface area contributed by atoms with Crippen LogP contribution in [0, 0.1) is 12.8 Å². The van der Waals surface area contributed by atoms with Gasteiger partial charge in [-0.2, -0.15) is 5.10 Å². The summed E-state index contributed by atoms with van der Waals surface area (Å²) in [6, 6.07) is 7.47. The van der Waals surface area contributed by atoms with Gasteiger partial charge in [0.2, 0.25) is 0 Å². The number of aryl methyl sites for hydroxylation is 1. The van der Waals surface area contributed by atoms with E-state index in [1.54, 1.807) is 0 Å². The predicted molar refractivity (Wildman–Crippen MR) is 64.5 cm³/mol. The molecule has 0 heterocycles. The Morgan fingerprint density at radius 1 is 1.31 bits per heavy atom. The van der Waals surface area contributed by atoms with Crippen LogP contribution < -0.4 is 5.43 Å². The molecule has 0 bridgehead atoms. The zero-order chi connectivity index (χ0) is 11.5. The van der Waals surface area contributed by atoms with Crippen molar-refractivity contribution >= 4 is 11.6 Å². The van der Waals surface area contributed by atoms with Crippen LogP contribution in [-0.4, -0.2) is 11.6 Å². The van der Waals surface area contributed by atoms with Gasteiger partial charge in [-0.15, -0.1) is 0 Å². The monoisotopic (exact) mass is 216 g/mol. The maximum absolute atomic E-state index is 11.7. The summed E-state index contributed by atoms with van der Waals surface area (Å²) < 4.78 is 0. The summed E-state index contributed by atoms with van der Waals surface area (Å²) in [6.07, 6.45) is 2.41. The van der Waals surface area contributed by atoms with Gasteiger partial charge in [-0.3, -0.25) is 4.79 Å². The van der Waals surface area contributed by atoms with E-state index in [0.29, 0.717) is 11.5 Å². The number of carbonyl (C=O) groups excluding carboxylic acids is 1. The zero-order valence-corrected chi connectivity index (χ0v) is 9.66. The molecule has 1 fully saturated rings. The maximum Gasteiger partial charge on any atom is 0.271 e. The fraction of sp³-hybridized carbons (Fsp3) is 0.385. The van der Waals surface area contributed by atoms with Gasteiger partial charge in [0.05, 0.1) is 0 Å². The Bertz CT molecular complexity index is 416. The third kappa shape index (κ3) is 2.69. The summed E-state index contributed by atoms with van der Waals surface area (Å²) in [5, 5.41) is 4.10. The molecule has 1 N–H and O–H groups in total. The lowest BCUT2D eigenvalue weighted by Gasteiger charge is -2.02. The molecule has 0 aliphatic heterocycles. The van der Waals surface area contributed by atoms with Crippen molar-refractivity contribution in [2.24, 2.45) is 11.0 Å². The van der Waals surface area contributed by atoms with E-state index in [2.05, 4.69) is 10.5 Å². The Hall–Kier alpha value is -1.64. The molecule has 1 aromatic carbocycles. The molecule has 3 heteroatoms. The molecule has 0 spiro atoms. The average Bonchev–Trinajstić information content (AvgIpc) is 3.10. The zero-order valence-electron chi connectivity index (χ0n) is 9.66. The molecule has 1 aromatic rings. The van der Waals surface area contributed by atoms with E-state index in [1.807, 2.05) is 38.1 Å². The molecule has 0 aromatic heterocycles. The standard InChI is InChI=1S/C13H16N2O/c1-9-3-5-12(6-4-9)13(16)15-14-10(2)11-7-8-11/h3-6,11H,7-8H2,1-2H3,(H,15,16)/b14-10+. The van der Waals surface area contributed by atoms with Crippen molar-refractivity contribution in [3.05, 3.63) is 35.4 Å². The number of carbonyl (C=O) groups is 1. The summed E-state index contributed by atoms with van der Waals surface area (Å²) in [5.74, 6) is 0.457. The van der Waals surface area contributed by atoms with E-state index in [4.69, 9.17) is 0 Å². The van der Waals surface area contributed by atoms with Crippen molar-refractivity contribution in [1.29, 1.82) is 0 Å². The first-order valence-corrected chi connectivity index (χ1v) is 5.58. The van der Waals surface area contributed by atoms with Gasteiger partial charge in [-0.1, -0.05) is 17.7 Å². The van der Waals surface area contributed by atoms with Gasteiger partial charge in [0.25, 0.3) is 5.91 Å². The number of nitrogens with one attached hydrogen (secondary N) is 1. The van der Waals surface area contributed by atoms with Crippen LogP contribution in [0.25, 0.3) is 0 Å². The SMILES string of the molecule is C/C(=N\NC(=O)c1ccc(C)cc1)C1CC1. The molecular formula is C13H16N2O. The second-order valence-corrected chi connectivity index (χ2v) is 4.33. The van der Waals surface area contributed by atoms with E-state index in [-0.39, 0.29) is 5.91 Å². The number of hydrazone groups is 1. The second kappa shape index (κ2) is 4.47. The van der Waals surface area contributed by atoms with Gasteiger partial charge in [0.15, 0.2) is 0 Å². The van der Waals surface area contributed by atoms with Gasteiger partial charge in [-0.25, -0.2) is 5.43 Å². The Labute approximate surface area is 95.6 Å². The molecule has 1 aliphatic rings. The first-order chi connectivity index (χ1) is 7.66. The minimum Gasteiger partial charge on any atom is -0.267 e. The van der Waals surface area contributed by atoms with Crippen LogP contribution in [0.4, 0.5) is 0 Å². The van der Waals surface area contributed by atoms with Crippen LogP contribution in [0.1, 0.15) is 35.7 Å². The number of nitrogens with zero attached hydrogens (tertiary/aromatic N) is 1. The molecule has 2 rings (SSSR count). The largest absolute Gasteiger partial charge is 0.271 e. The highest BCUT2D eigenvalue weighted by atomic mass is 16.2. The molecule has 1 aliphatic carbocycles. The van der Waals surface area contributed by atoms with Crippen molar-refractivity contribution in [3.63, 3.8) is 0 Å². The fourth-order valence-electron chi connectivity index (χ4n) is 1.50. The molecule has 16 heavy (non-hydrogen) atoms. The molecule has 84 valence electrons. The third-order valence-electron chi connectivity index (χ3n) is 2.82. The van der Waals surface area contributed by atoms with Crippen LogP contribution >= 0.6 is 0 Å². The summed E-state index contributed by atoms with van der Waals surface area (Å²) in [4.78, 5) is 11.7. The lowest BCUT2D eigenvalue weighted by atomic mass is 10.1. The quantitative estimate of drug-likeness (QED) is 0.612. The van der Waals surface area contributed by atoms with E-state index >= 15 is 0 Å². The van der Waals surface area contributed by atoms with Crippen LogP contribution in [0.2, 0.25) is 0 Å². The number of amides is 1. The summed E-state index contributed by atoms with van der Waals surface area (Å²) in [5.41, 5.74) is 5.42. The lowest BCUT2D eigenvalue weighted by Crippen LogP contribution is -2.19. The van der Waals surface area contributed by atoms with Crippen molar-refractivity contribution in [1.82, 2.24) is 5.43 Å². The molecule has 0 atom stereocenters. The van der Waals surface area contributed by atoms with Gasteiger partial charge >= 0.3 is 0 Å². The van der Waals surface area contributed by atoms with Crippen molar-refractivity contribution < 1.29 is 4.79 Å². The molecule has 0 unspecified atom stereocenters. The molecule has 3 nitrogen and oxygen atoms in total. The minimum atomic E-state index is -0.139. The summed E-state index contributed by atoms with van der Waals surface area (Å²) >= 11 is 0. The normalized spacial score (nSPS) is 16.0. The first kappa shape index (κ1) is 10.9. The minimum absolute atomic E-state index is 0.139. The van der Waals surface area contributed by atoms with Crippen LogP contribution in [0.5, 0.6) is 0 Å². The van der Waals surface area contributed by atoms with Gasteiger partial charge in [-0.05, 0) is 44.7 Å². The van der Waals surface area contributed by atoms with Gasteiger partial charge in [0.1, 0.15) is 0 Å². The highest BCUT2D eigenvalue weighted by Gasteiger charge is 2.24. The van der Waals surface area contributed by atoms with Crippen molar-refractivity contribution in [2.75, 3.05) is 0 Å². The molecule has 0 radical (unpaired) electrons. The third-order valence-corrected chi connectivity index (χ3v) is 2.82. The van der Waals surface area contributed by atoms with Gasteiger partial charge < -0.3 is 0 Å². The smallest absolute Gasteiger partial charge is 0.267 e. The second-order valence-electron chi connectivity index (χ2n) is 4.33. The maximum atomic E-state index is 11.7. The first-order valence-electron chi connectivity index (χ1n) is 5.58. The number of rotatable bonds is 3. The molecule has 0 saturated heterocycles. The van der Waals surface area contributed by atoms with Crippen molar-refractivity contribution in [3.8, 4) is 0 Å². The van der Waals surface area contributed by atoms with E-state index in [0.717, 1.165) is 11.3 Å². The van der Waals surface area contributed by atoms with E-state index in [1.165, 1.54) is 12.8 Å². The summed E-state index contributed by atoms with van der Waals surface area (Å²) in [6.45, 7) is 3.96. The molecular weight excluding hydrogens is 200 g/mol.